The van der Waals surface area contributed by atoms with Gasteiger partial charge in [-0.2, -0.15) is 0 Å². The lowest BCUT2D eigenvalue weighted by molar-refractivity contribution is 0.0102. The minimum Gasteiger partial charge on any atom is -0.495 e. The number of thiocarbonyl (C=S) groups is 1. The molecule has 0 spiro atoms. The van der Waals surface area contributed by atoms with Crippen LogP contribution < -0.4 is 15.4 Å². The number of hydrogen-bond donors (Lipinski definition) is 2. The van der Waals surface area contributed by atoms with E-state index >= 15 is 0 Å². The number of ether oxygens (including phenoxy) is 2. The first kappa shape index (κ1) is 19.6. The molecular formula is C21H27N3O2S. The quantitative estimate of drug-likeness (QED) is 0.743. The zero-order chi connectivity index (χ0) is 19.1. The Kier molecular flexibility index (Phi) is 7.04. The van der Waals surface area contributed by atoms with E-state index in [4.69, 9.17) is 21.7 Å². The Balaban J connectivity index is 1.71. The minimum absolute atomic E-state index is 0.125. The van der Waals surface area contributed by atoms with Gasteiger partial charge in [0, 0.05) is 19.1 Å². The first-order valence-electron chi connectivity index (χ1n) is 9.26. The fourth-order valence-electron chi connectivity index (χ4n) is 3.51. The van der Waals surface area contributed by atoms with Gasteiger partial charge in [0.1, 0.15) is 5.75 Å². The monoisotopic (exact) mass is 385 g/mol. The van der Waals surface area contributed by atoms with Gasteiger partial charge in [-0.25, -0.2) is 0 Å². The van der Waals surface area contributed by atoms with E-state index in [-0.39, 0.29) is 12.1 Å². The Labute approximate surface area is 166 Å². The van der Waals surface area contributed by atoms with Gasteiger partial charge in [-0.15, -0.1) is 0 Å². The number of benzene rings is 2. The maximum absolute atomic E-state index is 5.57. The van der Waals surface area contributed by atoms with E-state index in [0.717, 1.165) is 37.7 Å². The van der Waals surface area contributed by atoms with Gasteiger partial charge in [0.2, 0.25) is 0 Å². The molecule has 0 bridgehead atoms. The van der Waals surface area contributed by atoms with Crippen LogP contribution in [0.5, 0.6) is 5.75 Å². The second kappa shape index (κ2) is 9.69. The van der Waals surface area contributed by atoms with E-state index in [1.165, 1.54) is 5.56 Å². The standard InChI is InChI=1S/C21H27N3O2S/c1-16(22-21(27)23-18-10-6-7-11-19(18)25-2)20(17-8-4-3-5-9-17)24-12-14-26-15-13-24/h3-11,16,20H,12-15H2,1-2H3,(H2,22,23,27)/t16-,20+/m0/s1. The van der Waals surface area contributed by atoms with Crippen molar-refractivity contribution in [2.45, 2.75) is 19.0 Å². The molecule has 2 aromatic carbocycles. The molecule has 144 valence electrons. The van der Waals surface area contributed by atoms with E-state index in [0.29, 0.717) is 5.11 Å². The van der Waals surface area contributed by atoms with Crippen molar-refractivity contribution < 1.29 is 9.47 Å². The van der Waals surface area contributed by atoms with Gasteiger partial charge in [-0.3, -0.25) is 4.90 Å². The summed E-state index contributed by atoms with van der Waals surface area (Å²) in [6.45, 7) is 5.53. The van der Waals surface area contributed by atoms with Crippen LogP contribution in [0.4, 0.5) is 5.69 Å². The number of nitrogens with one attached hydrogen (secondary N) is 2. The van der Waals surface area contributed by atoms with E-state index in [1.807, 2.05) is 30.3 Å². The van der Waals surface area contributed by atoms with Crippen LogP contribution in [-0.2, 0) is 4.74 Å². The third-order valence-electron chi connectivity index (χ3n) is 4.77. The summed E-state index contributed by atoms with van der Waals surface area (Å²) in [7, 11) is 1.66. The Hall–Kier alpha value is -2.15. The Morgan fingerprint density at radius 1 is 1.07 bits per heavy atom. The predicted molar refractivity (Wildman–Crippen MR) is 113 cm³/mol. The molecule has 6 heteroatoms. The molecule has 2 atom stereocenters. The first-order chi connectivity index (χ1) is 13.2. The van der Waals surface area contributed by atoms with Crippen LogP contribution in [0, 0.1) is 0 Å². The summed E-state index contributed by atoms with van der Waals surface area (Å²) in [5.74, 6) is 0.766. The van der Waals surface area contributed by atoms with Crippen molar-refractivity contribution >= 4 is 23.0 Å². The molecule has 0 radical (unpaired) electrons. The molecule has 3 rings (SSSR count). The molecule has 1 heterocycles. The second-order valence-corrected chi connectivity index (χ2v) is 7.00. The highest BCUT2D eigenvalue weighted by atomic mass is 32.1. The van der Waals surface area contributed by atoms with Crippen LogP contribution >= 0.6 is 12.2 Å². The zero-order valence-corrected chi connectivity index (χ0v) is 16.7. The molecule has 1 aliphatic heterocycles. The smallest absolute Gasteiger partial charge is 0.171 e. The molecule has 0 amide bonds. The summed E-state index contributed by atoms with van der Waals surface area (Å²) in [6, 6.07) is 18.7. The molecule has 0 saturated carbocycles. The predicted octanol–water partition coefficient (Wildman–Crippen LogP) is 3.44. The number of para-hydroxylation sites is 2. The molecule has 0 aromatic heterocycles. The zero-order valence-electron chi connectivity index (χ0n) is 15.9. The van der Waals surface area contributed by atoms with Gasteiger partial charge < -0.3 is 20.1 Å². The highest BCUT2D eigenvalue weighted by Gasteiger charge is 2.28. The summed E-state index contributed by atoms with van der Waals surface area (Å²) in [5.41, 5.74) is 2.13. The van der Waals surface area contributed by atoms with Gasteiger partial charge >= 0.3 is 0 Å². The number of morpholine rings is 1. The van der Waals surface area contributed by atoms with E-state index < -0.39 is 0 Å². The van der Waals surface area contributed by atoms with Crippen LogP contribution in [0.2, 0.25) is 0 Å². The number of methoxy groups -OCH3 is 1. The summed E-state index contributed by atoms with van der Waals surface area (Å²) < 4.78 is 10.9. The number of hydrogen-bond acceptors (Lipinski definition) is 4. The molecule has 0 aliphatic carbocycles. The van der Waals surface area contributed by atoms with Crippen molar-refractivity contribution in [3.63, 3.8) is 0 Å². The van der Waals surface area contributed by atoms with Gasteiger partial charge in [-0.1, -0.05) is 42.5 Å². The van der Waals surface area contributed by atoms with Crippen LogP contribution in [0.1, 0.15) is 18.5 Å². The molecule has 2 aromatic rings. The Morgan fingerprint density at radius 2 is 1.74 bits per heavy atom. The van der Waals surface area contributed by atoms with Crippen molar-refractivity contribution in [2.75, 3.05) is 38.7 Å². The SMILES string of the molecule is COc1ccccc1NC(=S)N[C@@H](C)[C@H](c1ccccc1)N1CCOCC1. The van der Waals surface area contributed by atoms with Crippen LogP contribution in [0.15, 0.2) is 54.6 Å². The second-order valence-electron chi connectivity index (χ2n) is 6.59. The lowest BCUT2D eigenvalue weighted by Crippen LogP contribution is -2.49. The summed E-state index contributed by atoms with van der Waals surface area (Å²) in [6.07, 6.45) is 0. The third-order valence-corrected chi connectivity index (χ3v) is 4.99. The summed E-state index contributed by atoms with van der Waals surface area (Å²) in [5, 5.41) is 7.30. The summed E-state index contributed by atoms with van der Waals surface area (Å²) >= 11 is 5.57. The average Bonchev–Trinajstić information content (AvgIpc) is 2.70. The van der Waals surface area contributed by atoms with Gasteiger partial charge in [-0.05, 0) is 36.8 Å². The average molecular weight is 386 g/mol. The molecule has 5 nitrogen and oxygen atoms in total. The molecular weight excluding hydrogens is 358 g/mol. The van der Waals surface area contributed by atoms with Crippen molar-refractivity contribution in [1.29, 1.82) is 0 Å². The largest absolute Gasteiger partial charge is 0.495 e. The lowest BCUT2D eigenvalue weighted by atomic mass is 9.98. The van der Waals surface area contributed by atoms with Crippen molar-refractivity contribution in [2.24, 2.45) is 0 Å². The fraction of sp³-hybridized carbons (Fsp3) is 0.381. The van der Waals surface area contributed by atoms with Gasteiger partial charge in [0.15, 0.2) is 5.11 Å². The van der Waals surface area contributed by atoms with Crippen LogP contribution in [0.3, 0.4) is 0 Å². The lowest BCUT2D eigenvalue weighted by Gasteiger charge is -2.38. The highest BCUT2D eigenvalue weighted by Crippen LogP contribution is 2.26. The number of rotatable bonds is 6. The maximum atomic E-state index is 5.57. The molecule has 1 aliphatic rings. The molecule has 0 unspecified atom stereocenters. The normalized spacial score (nSPS) is 17.0. The van der Waals surface area contributed by atoms with Crippen LogP contribution in [-0.4, -0.2) is 49.5 Å². The molecule has 1 saturated heterocycles. The van der Waals surface area contributed by atoms with Gasteiger partial charge in [0.25, 0.3) is 0 Å². The molecule has 27 heavy (non-hydrogen) atoms. The molecule has 1 fully saturated rings. The topological polar surface area (TPSA) is 45.8 Å². The van der Waals surface area contributed by atoms with Crippen molar-refractivity contribution in [3.8, 4) is 5.75 Å². The molecule has 2 N–H and O–H groups in total. The third kappa shape index (κ3) is 5.19. The van der Waals surface area contributed by atoms with E-state index in [1.54, 1.807) is 7.11 Å². The van der Waals surface area contributed by atoms with E-state index in [2.05, 4.69) is 46.7 Å². The number of anilines is 1. The Morgan fingerprint density at radius 3 is 2.44 bits per heavy atom. The van der Waals surface area contributed by atoms with Crippen molar-refractivity contribution in [1.82, 2.24) is 10.2 Å². The fourth-order valence-corrected chi connectivity index (χ4v) is 3.81. The summed E-state index contributed by atoms with van der Waals surface area (Å²) in [4.78, 5) is 2.46. The highest BCUT2D eigenvalue weighted by molar-refractivity contribution is 7.80. The number of nitrogens with zero attached hydrogens (tertiary/aromatic N) is 1. The van der Waals surface area contributed by atoms with Crippen molar-refractivity contribution in [3.05, 3.63) is 60.2 Å². The van der Waals surface area contributed by atoms with Crippen LogP contribution in [0.25, 0.3) is 0 Å². The van der Waals surface area contributed by atoms with Gasteiger partial charge in [0.05, 0.1) is 32.1 Å². The first-order valence-corrected chi connectivity index (χ1v) is 9.67. The minimum atomic E-state index is 0.125. The Bertz CT molecular complexity index is 735. The van der Waals surface area contributed by atoms with E-state index in [9.17, 15) is 0 Å². The maximum Gasteiger partial charge on any atom is 0.171 e.